The molecule has 6 nitrogen and oxygen atoms in total. The van der Waals surface area contributed by atoms with Gasteiger partial charge >= 0.3 is 0 Å². The Morgan fingerprint density at radius 3 is 3.00 bits per heavy atom. The van der Waals surface area contributed by atoms with E-state index in [1.807, 2.05) is 6.92 Å². The van der Waals surface area contributed by atoms with Crippen molar-refractivity contribution < 1.29 is 19.0 Å². The molecule has 122 valence electrons. The van der Waals surface area contributed by atoms with Crippen LogP contribution in [0.5, 0.6) is 5.75 Å². The molecule has 1 saturated heterocycles. The van der Waals surface area contributed by atoms with Crippen molar-refractivity contribution in [1.82, 2.24) is 14.5 Å². The molecule has 0 unspecified atom stereocenters. The summed E-state index contributed by atoms with van der Waals surface area (Å²) in [6.07, 6.45) is 2.01. The summed E-state index contributed by atoms with van der Waals surface area (Å²) in [5.74, 6) is 0.577. The van der Waals surface area contributed by atoms with Crippen LogP contribution >= 0.6 is 0 Å². The molecule has 2 aromatic rings. The molecule has 1 N–H and O–H groups in total. The van der Waals surface area contributed by atoms with E-state index >= 15 is 0 Å². The summed E-state index contributed by atoms with van der Waals surface area (Å²) in [5, 5.41) is 10.1. The van der Waals surface area contributed by atoms with Gasteiger partial charge in [-0.05, 0) is 19.1 Å². The highest BCUT2D eigenvalue weighted by Crippen LogP contribution is 2.20. The number of hydrogen-bond acceptors (Lipinski definition) is 4. The van der Waals surface area contributed by atoms with E-state index in [-0.39, 0.29) is 25.5 Å². The predicted octanol–water partition coefficient (Wildman–Crippen LogP) is 0.981. The second kappa shape index (κ2) is 6.37. The maximum absolute atomic E-state index is 13.2. The fraction of sp³-hybridized carbons (Fsp3) is 0.375. The van der Waals surface area contributed by atoms with Crippen molar-refractivity contribution in [2.45, 2.75) is 25.7 Å². The van der Waals surface area contributed by atoms with Crippen molar-refractivity contribution in [3.8, 4) is 5.75 Å². The van der Waals surface area contributed by atoms with Gasteiger partial charge in [-0.1, -0.05) is 6.07 Å². The molecule has 1 amide bonds. The molecule has 2 atom stereocenters. The van der Waals surface area contributed by atoms with Crippen LogP contribution in [0.2, 0.25) is 0 Å². The summed E-state index contributed by atoms with van der Waals surface area (Å²) in [5.41, 5.74) is 0. The van der Waals surface area contributed by atoms with Crippen LogP contribution in [-0.4, -0.2) is 50.8 Å². The lowest BCUT2D eigenvalue weighted by Crippen LogP contribution is -2.33. The van der Waals surface area contributed by atoms with Crippen LogP contribution in [0.25, 0.3) is 0 Å². The molecule has 1 aliphatic heterocycles. The molecule has 0 saturated carbocycles. The molecule has 7 heteroatoms. The van der Waals surface area contributed by atoms with Crippen LogP contribution in [0.4, 0.5) is 4.39 Å². The first-order valence-electron chi connectivity index (χ1n) is 7.39. The molecule has 0 radical (unpaired) electrons. The number of nitrogens with zero attached hydrogens (tertiary/aromatic N) is 3. The number of halogens is 1. The second-order valence-corrected chi connectivity index (χ2v) is 5.58. The first kappa shape index (κ1) is 15.5. The highest BCUT2D eigenvalue weighted by molar-refractivity contribution is 5.76. The number of aliphatic hydroxyl groups is 1. The normalized spacial score (nSPS) is 20.7. The largest absolute Gasteiger partial charge is 0.486 e. The topological polar surface area (TPSA) is 67.6 Å². The predicted molar refractivity (Wildman–Crippen MR) is 80.4 cm³/mol. The second-order valence-electron chi connectivity index (χ2n) is 5.58. The first-order valence-corrected chi connectivity index (χ1v) is 7.39. The van der Waals surface area contributed by atoms with Crippen molar-refractivity contribution in [3.63, 3.8) is 0 Å². The highest BCUT2D eigenvalue weighted by Gasteiger charge is 2.35. The van der Waals surface area contributed by atoms with E-state index in [1.165, 1.54) is 18.2 Å². The Morgan fingerprint density at radius 2 is 2.30 bits per heavy atom. The van der Waals surface area contributed by atoms with Gasteiger partial charge in [-0.15, -0.1) is 0 Å². The van der Waals surface area contributed by atoms with Gasteiger partial charge in [-0.25, -0.2) is 9.37 Å². The fourth-order valence-electron chi connectivity index (χ4n) is 2.61. The number of hydrogen-bond donors (Lipinski definition) is 1. The first-order chi connectivity index (χ1) is 11.0. The monoisotopic (exact) mass is 319 g/mol. The van der Waals surface area contributed by atoms with E-state index < -0.39 is 18.0 Å². The van der Waals surface area contributed by atoms with Crippen LogP contribution in [0, 0.1) is 12.7 Å². The zero-order valence-corrected chi connectivity index (χ0v) is 12.7. The number of benzene rings is 1. The number of carbonyl (C=O) groups is 1. The zero-order chi connectivity index (χ0) is 16.4. The Balaban J connectivity index is 1.61. The molecule has 23 heavy (non-hydrogen) atoms. The molecule has 1 aliphatic rings. The Bertz CT molecular complexity index is 703. The van der Waals surface area contributed by atoms with Gasteiger partial charge in [0.25, 0.3) is 0 Å². The average Bonchev–Trinajstić information content (AvgIpc) is 3.06. The minimum Gasteiger partial charge on any atom is -0.486 e. The molecular weight excluding hydrogens is 301 g/mol. The highest BCUT2D eigenvalue weighted by atomic mass is 19.1. The number of likely N-dealkylation sites (tertiary alicyclic amines) is 1. The van der Waals surface area contributed by atoms with Gasteiger partial charge in [-0.3, -0.25) is 4.79 Å². The Morgan fingerprint density at radius 1 is 1.48 bits per heavy atom. The molecule has 0 aliphatic carbocycles. The van der Waals surface area contributed by atoms with Crippen molar-refractivity contribution in [1.29, 1.82) is 0 Å². The number of aromatic nitrogens is 2. The summed E-state index contributed by atoms with van der Waals surface area (Å²) >= 11 is 0. The molecule has 0 spiro atoms. The van der Waals surface area contributed by atoms with Crippen LogP contribution in [0.1, 0.15) is 5.82 Å². The molecule has 3 rings (SSSR count). The molecule has 2 heterocycles. The lowest BCUT2D eigenvalue weighted by molar-refractivity contribution is -0.131. The number of aliphatic hydroxyl groups excluding tert-OH is 1. The van der Waals surface area contributed by atoms with Gasteiger partial charge < -0.3 is 19.3 Å². The van der Waals surface area contributed by atoms with E-state index in [2.05, 4.69) is 4.98 Å². The molecular formula is C16H18FN3O3. The van der Waals surface area contributed by atoms with E-state index in [0.29, 0.717) is 5.75 Å². The maximum atomic E-state index is 13.2. The number of ether oxygens (including phenoxy) is 1. The number of rotatable bonds is 4. The number of β-amino-alcohol motifs (C(OH)–C–C–N with tert-alkyl or cyclic N) is 1. The van der Waals surface area contributed by atoms with Crippen LogP contribution < -0.4 is 4.74 Å². The third-order valence-electron chi connectivity index (χ3n) is 3.90. The van der Waals surface area contributed by atoms with E-state index in [9.17, 15) is 14.3 Å². The van der Waals surface area contributed by atoms with Crippen LogP contribution in [0.3, 0.4) is 0 Å². The van der Waals surface area contributed by atoms with Gasteiger partial charge in [0.1, 0.15) is 36.1 Å². The maximum Gasteiger partial charge on any atom is 0.242 e. The standard InChI is InChI=1S/C16H18FN3O3/c1-11-18-5-6-19(11)10-16(22)20-8-14(21)15(9-20)23-13-4-2-3-12(17)7-13/h2-7,14-15,21H,8-10H2,1H3/t14-,15-/m1/s1. The lowest BCUT2D eigenvalue weighted by atomic mass is 10.2. The van der Waals surface area contributed by atoms with Crippen molar-refractivity contribution in [2.24, 2.45) is 0 Å². The summed E-state index contributed by atoms with van der Waals surface area (Å²) in [6.45, 7) is 2.46. The van der Waals surface area contributed by atoms with E-state index in [0.717, 1.165) is 5.82 Å². The van der Waals surface area contributed by atoms with Gasteiger partial charge in [0.05, 0.1) is 13.1 Å². The molecule has 0 bridgehead atoms. The number of aryl methyl sites for hydroxylation is 1. The van der Waals surface area contributed by atoms with Crippen molar-refractivity contribution in [2.75, 3.05) is 13.1 Å². The number of imidazole rings is 1. The molecule has 1 aromatic carbocycles. The van der Waals surface area contributed by atoms with Gasteiger partial charge in [-0.2, -0.15) is 0 Å². The smallest absolute Gasteiger partial charge is 0.242 e. The average molecular weight is 319 g/mol. The van der Waals surface area contributed by atoms with Gasteiger partial charge in [0.2, 0.25) is 5.91 Å². The van der Waals surface area contributed by atoms with Crippen molar-refractivity contribution >= 4 is 5.91 Å². The minimum atomic E-state index is -0.800. The third-order valence-corrected chi connectivity index (χ3v) is 3.90. The summed E-state index contributed by atoms with van der Waals surface area (Å²) in [6, 6.07) is 5.74. The van der Waals surface area contributed by atoms with Crippen LogP contribution in [0.15, 0.2) is 36.7 Å². The summed E-state index contributed by atoms with van der Waals surface area (Å²) in [4.78, 5) is 17.9. The Labute approximate surface area is 133 Å². The van der Waals surface area contributed by atoms with Crippen molar-refractivity contribution in [3.05, 3.63) is 48.3 Å². The Hall–Kier alpha value is -2.41. The minimum absolute atomic E-state index is 0.115. The van der Waals surface area contributed by atoms with E-state index in [4.69, 9.17) is 4.74 Å². The third kappa shape index (κ3) is 3.50. The van der Waals surface area contributed by atoms with Gasteiger partial charge in [0, 0.05) is 18.5 Å². The summed E-state index contributed by atoms with van der Waals surface area (Å²) < 4.78 is 20.5. The van der Waals surface area contributed by atoms with E-state index in [1.54, 1.807) is 27.9 Å². The lowest BCUT2D eigenvalue weighted by Gasteiger charge is -2.17. The summed E-state index contributed by atoms with van der Waals surface area (Å²) in [7, 11) is 0. The quantitative estimate of drug-likeness (QED) is 0.912. The number of amides is 1. The fourth-order valence-corrected chi connectivity index (χ4v) is 2.61. The SMILES string of the molecule is Cc1nccn1CC(=O)N1C[C@@H](O)[C@H](Oc2cccc(F)c2)C1. The Kier molecular flexibility index (Phi) is 4.29. The van der Waals surface area contributed by atoms with Gasteiger partial charge in [0.15, 0.2) is 0 Å². The van der Waals surface area contributed by atoms with Crippen LogP contribution in [-0.2, 0) is 11.3 Å². The number of carbonyl (C=O) groups excluding carboxylic acids is 1. The zero-order valence-electron chi connectivity index (χ0n) is 12.7. The molecule has 1 aromatic heterocycles. The molecule has 1 fully saturated rings.